The first kappa shape index (κ1) is 15.8. The van der Waals surface area contributed by atoms with Gasteiger partial charge in [0.1, 0.15) is 0 Å². The number of hydrogen-bond donors (Lipinski definition) is 2. The fourth-order valence-electron chi connectivity index (χ4n) is 2.72. The van der Waals surface area contributed by atoms with Gasteiger partial charge in [-0.25, -0.2) is 4.79 Å². The van der Waals surface area contributed by atoms with Gasteiger partial charge in [-0.1, -0.05) is 6.07 Å². The summed E-state index contributed by atoms with van der Waals surface area (Å²) in [5, 5.41) is 5.85. The summed E-state index contributed by atoms with van der Waals surface area (Å²) < 4.78 is 0. The molecule has 5 nitrogen and oxygen atoms in total. The van der Waals surface area contributed by atoms with Crippen molar-refractivity contribution >= 4 is 6.03 Å². The second kappa shape index (κ2) is 7.98. The third-order valence-corrected chi connectivity index (χ3v) is 4.01. The van der Waals surface area contributed by atoms with Crippen molar-refractivity contribution < 1.29 is 4.79 Å². The van der Waals surface area contributed by atoms with E-state index >= 15 is 0 Å². The van der Waals surface area contributed by atoms with Crippen molar-refractivity contribution in [1.82, 2.24) is 20.5 Å². The first-order valence-corrected chi connectivity index (χ1v) is 7.80. The number of nitrogens with zero attached hydrogens (tertiary/aromatic N) is 2. The molecule has 0 bridgehead atoms. The van der Waals surface area contributed by atoms with E-state index < -0.39 is 0 Å². The average molecular weight is 290 g/mol. The molecule has 1 aliphatic rings. The van der Waals surface area contributed by atoms with Crippen LogP contribution in [-0.4, -0.2) is 41.6 Å². The van der Waals surface area contributed by atoms with Gasteiger partial charge >= 0.3 is 6.03 Å². The zero-order valence-electron chi connectivity index (χ0n) is 13.0. The SMILES string of the molecule is CC(C)N1CCC[C@@H](CNC(=O)NCc2cccnc2)C1. The third kappa shape index (κ3) is 5.34. The Labute approximate surface area is 127 Å². The Morgan fingerprint density at radius 2 is 2.33 bits per heavy atom. The smallest absolute Gasteiger partial charge is 0.315 e. The van der Waals surface area contributed by atoms with E-state index in [1.807, 2.05) is 12.1 Å². The summed E-state index contributed by atoms with van der Waals surface area (Å²) in [7, 11) is 0. The number of piperidine rings is 1. The summed E-state index contributed by atoms with van der Waals surface area (Å²) in [6.45, 7) is 8.00. The molecule has 0 spiro atoms. The monoisotopic (exact) mass is 290 g/mol. The molecule has 1 saturated heterocycles. The molecule has 2 heterocycles. The predicted octanol–water partition coefficient (Wildman–Crippen LogP) is 2.00. The molecule has 21 heavy (non-hydrogen) atoms. The molecule has 0 aromatic carbocycles. The minimum absolute atomic E-state index is 0.0967. The Bertz CT molecular complexity index is 435. The van der Waals surface area contributed by atoms with Gasteiger partial charge in [0.25, 0.3) is 0 Å². The maximum absolute atomic E-state index is 11.8. The fraction of sp³-hybridized carbons (Fsp3) is 0.625. The largest absolute Gasteiger partial charge is 0.338 e. The predicted molar refractivity (Wildman–Crippen MR) is 83.9 cm³/mol. The average Bonchev–Trinajstić information content (AvgIpc) is 2.52. The molecule has 2 rings (SSSR count). The number of carbonyl (C=O) groups is 1. The van der Waals surface area contributed by atoms with E-state index in [4.69, 9.17) is 0 Å². The number of hydrogen-bond acceptors (Lipinski definition) is 3. The molecule has 1 atom stereocenters. The molecule has 0 radical (unpaired) electrons. The Balaban J connectivity index is 1.67. The quantitative estimate of drug-likeness (QED) is 0.872. The molecule has 1 fully saturated rings. The van der Waals surface area contributed by atoms with Crippen molar-refractivity contribution in [2.45, 2.75) is 39.3 Å². The van der Waals surface area contributed by atoms with Crippen molar-refractivity contribution in [3.05, 3.63) is 30.1 Å². The number of amides is 2. The number of carbonyl (C=O) groups excluding carboxylic acids is 1. The minimum atomic E-state index is -0.0967. The van der Waals surface area contributed by atoms with Gasteiger partial charge < -0.3 is 15.5 Å². The molecule has 0 aliphatic carbocycles. The maximum Gasteiger partial charge on any atom is 0.315 e. The summed E-state index contributed by atoms with van der Waals surface area (Å²) in [6.07, 6.45) is 5.92. The second-order valence-corrected chi connectivity index (χ2v) is 6.02. The summed E-state index contributed by atoms with van der Waals surface area (Å²) in [5.74, 6) is 0.560. The first-order chi connectivity index (χ1) is 10.1. The van der Waals surface area contributed by atoms with E-state index in [0.29, 0.717) is 18.5 Å². The number of likely N-dealkylation sites (tertiary alicyclic amines) is 1. The van der Waals surface area contributed by atoms with Crippen molar-refractivity contribution in [2.24, 2.45) is 5.92 Å². The Morgan fingerprint density at radius 3 is 3.05 bits per heavy atom. The fourth-order valence-corrected chi connectivity index (χ4v) is 2.72. The molecule has 1 aromatic rings. The van der Waals surface area contributed by atoms with E-state index in [9.17, 15) is 4.79 Å². The van der Waals surface area contributed by atoms with E-state index in [2.05, 4.69) is 34.4 Å². The van der Waals surface area contributed by atoms with Gasteiger partial charge in [-0.15, -0.1) is 0 Å². The third-order valence-electron chi connectivity index (χ3n) is 4.01. The normalized spacial score (nSPS) is 19.5. The van der Waals surface area contributed by atoms with Gasteiger partial charge in [-0.2, -0.15) is 0 Å². The van der Waals surface area contributed by atoms with Crippen LogP contribution in [0.25, 0.3) is 0 Å². The van der Waals surface area contributed by atoms with Crippen LogP contribution in [0.3, 0.4) is 0 Å². The standard InChI is InChI=1S/C16H26N4O/c1-13(2)20-8-4-6-15(12-20)11-19-16(21)18-10-14-5-3-7-17-9-14/h3,5,7,9,13,15H,4,6,8,10-12H2,1-2H3,(H2,18,19,21)/t15-/m0/s1. The topological polar surface area (TPSA) is 57.3 Å². The van der Waals surface area contributed by atoms with Crippen LogP contribution in [0.1, 0.15) is 32.3 Å². The van der Waals surface area contributed by atoms with Crippen LogP contribution >= 0.6 is 0 Å². The van der Waals surface area contributed by atoms with E-state index in [-0.39, 0.29) is 6.03 Å². The highest BCUT2D eigenvalue weighted by Crippen LogP contribution is 2.17. The van der Waals surface area contributed by atoms with Gasteiger partial charge in [0.05, 0.1) is 0 Å². The molecule has 116 valence electrons. The number of nitrogens with one attached hydrogen (secondary N) is 2. The highest BCUT2D eigenvalue weighted by Gasteiger charge is 2.21. The van der Waals surface area contributed by atoms with Gasteiger partial charge in [0.2, 0.25) is 0 Å². The lowest BCUT2D eigenvalue weighted by molar-refractivity contribution is 0.139. The van der Waals surface area contributed by atoms with E-state index in [1.165, 1.54) is 19.4 Å². The maximum atomic E-state index is 11.8. The van der Waals surface area contributed by atoms with Crippen LogP contribution in [0, 0.1) is 5.92 Å². The molecular weight excluding hydrogens is 264 g/mol. The van der Waals surface area contributed by atoms with Gasteiger partial charge in [0.15, 0.2) is 0 Å². The molecular formula is C16H26N4O. The summed E-state index contributed by atoms with van der Waals surface area (Å²) in [5.41, 5.74) is 1.01. The highest BCUT2D eigenvalue weighted by molar-refractivity contribution is 5.73. The van der Waals surface area contributed by atoms with Gasteiger partial charge in [0, 0.05) is 38.1 Å². The lowest BCUT2D eigenvalue weighted by Crippen LogP contribution is -2.45. The summed E-state index contributed by atoms with van der Waals surface area (Å²) in [6, 6.07) is 4.32. The number of urea groups is 1. The Hall–Kier alpha value is -1.62. The van der Waals surface area contributed by atoms with Crippen molar-refractivity contribution in [2.75, 3.05) is 19.6 Å². The van der Waals surface area contributed by atoms with Crippen LogP contribution in [0.2, 0.25) is 0 Å². The minimum Gasteiger partial charge on any atom is -0.338 e. The summed E-state index contributed by atoms with van der Waals surface area (Å²) >= 11 is 0. The zero-order chi connectivity index (χ0) is 15.1. The molecule has 0 unspecified atom stereocenters. The van der Waals surface area contributed by atoms with Crippen LogP contribution in [0.5, 0.6) is 0 Å². The van der Waals surface area contributed by atoms with Gasteiger partial charge in [-0.3, -0.25) is 4.98 Å². The first-order valence-electron chi connectivity index (χ1n) is 7.80. The lowest BCUT2D eigenvalue weighted by atomic mass is 9.97. The van der Waals surface area contributed by atoms with Crippen molar-refractivity contribution in [1.29, 1.82) is 0 Å². The van der Waals surface area contributed by atoms with Crippen LogP contribution in [0.4, 0.5) is 4.79 Å². The molecule has 2 N–H and O–H groups in total. The highest BCUT2D eigenvalue weighted by atomic mass is 16.2. The van der Waals surface area contributed by atoms with Crippen LogP contribution < -0.4 is 10.6 Å². The molecule has 0 saturated carbocycles. The van der Waals surface area contributed by atoms with Crippen molar-refractivity contribution in [3.8, 4) is 0 Å². The van der Waals surface area contributed by atoms with E-state index in [0.717, 1.165) is 18.7 Å². The number of aromatic nitrogens is 1. The van der Waals surface area contributed by atoms with E-state index in [1.54, 1.807) is 12.4 Å². The molecule has 1 aliphatic heterocycles. The lowest BCUT2D eigenvalue weighted by Gasteiger charge is -2.35. The second-order valence-electron chi connectivity index (χ2n) is 6.02. The molecule has 2 amide bonds. The van der Waals surface area contributed by atoms with Crippen LogP contribution in [-0.2, 0) is 6.54 Å². The Kier molecular flexibility index (Phi) is 5.99. The number of pyridine rings is 1. The van der Waals surface area contributed by atoms with Crippen molar-refractivity contribution in [3.63, 3.8) is 0 Å². The Morgan fingerprint density at radius 1 is 1.48 bits per heavy atom. The molecule has 1 aromatic heterocycles. The van der Waals surface area contributed by atoms with Gasteiger partial charge in [-0.05, 0) is 50.8 Å². The molecule has 5 heteroatoms. The summed E-state index contributed by atoms with van der Waals surface area (Å²) in [4.78, 5) is 18.3. The number of rotatable bonds is 5. The zero-order valence-corrected chi connectivity index (χ0v) is 13.0. The van der Waals surface area contributed by atoms with Crippen LogP contribution in [0.15, 0.2) is 24.5 Å².